The molecule has 0 atom stereocenters. The molecule has 4 nitrogen and oxygen atoms in total. The smallest absolute Gasteiger partial charge is 0.251 e. The lowest BCUT2D eigenvalue weighted by Crippen LogP contribution is -2.23. The van der Waals surface area contributed by atoms with Gasteiger partial charge >= 0.3 is 0 Å². The van der Waals surface area contributed by atoms with Gasteiger partial charge in [-0.2, -0.15) is 0 Å². The van der Waals surface area contributed by atoms with Crippen molar-refractivity contribution >= 4 is 17.7 Å². The summed E-state index contributed by atoms with van der Waals surface area (Å²) >= 11 is 1.62. The van der Waals surface area contributed by atoms with Crippen LogP contribution in [-0.2, 0) is 6.54 Å². The molecule has 3 rings (SSSR count). The number of pyridine rings is 2. The molecule has 3 aromatic rings. The maximum absolute atomic E-state index is 12.4. The molecule has 1 amide bonds. The van der Waals surface area contributed by atoms with Crippen molar-refractivity contribution in [2.75, 3.05) is 6.26 Å². The van der Waals surface area contributed by atoms with E-state index >= 15 is 0 Å². The van der Waals surface area contributed by atoms with Gasteiger partial charge in [0.05, 0.1) is 5.69 Å². The Morgan fingerprint density at radius 3 is 2.79 bits per heavy atom. The predicted molar refractivity (Wildman–Crippen MR) is 96.9 cm³/mol. The van der Waals surface area contributed by atoms with Gasteiger partial charge in [-0.1, -0.05) is 12.1 Å². The molecule has 5 heteroatoms. The highest BCUT2D eigenvalue weighted by Crippen LogP contribution is 2.20. The van der Waals surface area contributed by atoms with E-state index in [1.807, 2.05) is 54.8 Å². The fourth-order valence-electron chi connectivity index (χ4n) is 2.39. The summed E-state index contributed by atoms with van der Waals surface area (Å²) < 4.78 is 0. The molecule has 0 unspecified atom stereocenters. The van der Waals surface area contributed by atoms with E-state index in [2.05, 4.69) is 15.3 Å². The largest absolute Gasteiger partial charge is 0.348 e. The average Bonchev–Trinajstić information content (AvgIpc) is 2.67. The Balaban J connectivity index is 1.76. The molecule has 0 bridgehead atoms. The zero-order valence-electron chi connectivity index (χ0n) is 13.3. The SMILES string of the molecule is CSc1cccc(C(=O)NCc2cccnc2-c2cccnc2)c1. The van der Waals surface area contributed by atoms with E-state index in [4.69, 9.17) is 0 Å². The van der Waals surface area contributed by atoms with Crippen LogP contribution < -0.4 is 5.32 Å². The second-order valence-electron chi connectivity index (χ2n) is 5.17. The van der Waals surface area contributed by atoms with Crippen molar-refractivity contribution < 1.29 is 4.79 Å². The number of amides is 1. The van der Waals surface area contributed by atoms with Crippen molar-refractivity contribution in [1.29, 1.82) is 0 Å². The fourth-order valence-corrected chi connectivity index (χ4v) is 2.85. The lowest BCUT2D eigenvalue weighted by molar-refractivity contribution is 0.0950. The third-order valence-corrected chi connectivity index (χ3v) is 4.32. The minimum atomic E-state index is -0.0908. The number of thioether (sulfide) groups is 1. The topological polar surface area (TPSA) is 54.9 Å². The van der Waals surface area contributed by atoms with E-state index < -0.39 is 0 Å². The van der Waals surface area contributed by atoms with Crippen LogP contribution >= 0.6 is 11.8 Å². The first-order chi connectivity index (χ1) is 11.8. The highest BCUT2D eigenvalue weighted by atomic mass is 32.2. The molecule has 2 heterocycles. The lowest BCUT2D eigenvalue weighted by atomic mass is 10.1. The van der Waals surface area contributed by atoms with Crippen LogP contribution in [0.15, 0.2) is 72.0 Å². The number of carbonyl (C=O) groups is 1. The fraction of sp³-hybridized carbons (Fsp3) is 0.105. The van der Waals surface area contributed by atoms with E-state index in [1.165, 1.54) is 0 Å². The van der Waals surface area contributed by atoms with Crippen LogP contribution in [0.25, 0.3) is 11.3 Å². The number of carbonyl (C=O) groups excluding carboxylic acids is 1. The van der Waals surface area contributed by atoms with E-state index in [9.17, 15) is 4.79 Å². The molecule has 0 radical (unpaired) electrons. The van der Waals surface area contributed by atoms with Crippen LogP contribution in [0.3, 0.4) is 0 Å². The van der Waals surface area contributed by atoms with Gasteiger partial charge in [-0.15, -0.1) is 11.8 Å². The van der Waals surface area contributed by atoms with Crippen molar-refractivity contribution in [2.45, 2.75) is 11.4 Å². The van der Waals surface area contributed by atoms with Gasteiger partial charge in [0.25, 0.3) is 5.91 Å². The molecule has 0 saturated carbocycles. The normalized spacial score (nSPS) is 10.4. The summed E-state index contributed by atoms with van der Waals surface area (Å²) in [6.07, 6.45) is 7.24. The number of nitrogens with one attached hydrogen (secondary N) is 1. The van der Waals surface area contributed by atoms with Gasteiger partial charge in [-0.05, 0) is 48.2 Å². The third kappa shape index (κ3) is 3.81. The number of benzene rings is 1. The van der Waals surface area contributed by atoms with Gasteiger partial charge in [-0.3, -0.25) is 14.8 Å². The minimum Gasteiger partial charge on any atom is -0.348 e. The monoisotopic (exact) mass is 335 g/mol. The van der Waals surface area contributed by atoms with Crippen LogP contribution in [0.2, 0.25) is 0 Å². The second-order valence-corrected chi connectivity index (χ2v) is 6.05. The second kappa shape index (κ2) is 7.75. The summed E-state index contributed by atoms with van der Waals surface area (Å²) in [7, 11) is 0. The molecule has 0 fully saturated rings. The number of nitrogens with zero attached hydrogens (tertiary/aromatic N) is 2. The molecule has 120 valence electrons. The van der Waals surface area contributed by atoms with Gasteiger partial charge in [0.2, 0.25) is 0 Å². The van der Waals surface area contributed by atoms with Crippen molar-refractivity contribution in [2.24, 2.45) is 0 Å². The molecule has 0 aliphatic rings. The molecule has 24 heavy (non-hydrogen) atoms. The standard InChI is InChI=1S/C19H17N3OS/c1-24-17-8-2-5-14(11-17)19(23)22-13-16-7-4-10-21-18(16)15-6-3-9-20-12-15/h2-12H,13H2,1H3,(H,22,23). The Bertz CT molecular complexity index is 837. The molecule has 0 saturated heterocycles. The maximum atomic E-state index is 12.4. The van der Waals surface area contributed by atoms with Gasteiger partial charge in [0.1, 0.15) is 0 Å². The van der Waals surface area contributed by atoms with E-state index in [0.717, 1.165) is 21.7 Å². The van der Waals surface area contributed by atoms with Crippen LogP contribution in [0.5, 0.6) is 0 Å². The molecule has 0 aliphatic carbocycles. The molecule has 0 spiro atoms. The molecule has 2 aromatic heterocycles. The average molecular weight is 335 g/mol. The Morgan fingerprint density at radius 2 is 2.00 bits per heavy atom. The van der Waals surface area contributed by atoms with E-state index in [1.54, 1.807) is 30.4 Å². The van der Waals surface area contributed by atoms with Crippen LogP contribution in [0.1, 0.15) is 15.9 Å². The summed E-state index contributed by atoms with van der Waals surface area (Å²) in [4.78, 5) is 22.0. The van der Waals surface area contributed by atoms with E-state index in [0.29, 0.717) is 12.1 Å². The van der Waals surface area contributed by atoms with Crippen molar-refractivity contribution in [3.05, 3.63) is 78.2 Å². The summed E-state index contributed by atoms with van der Waals surface area (Å²) in [5.41, 5.74) is 3.39. The van der Waals surface area contributed by atoms with Gasteiger partial charge < -0.3 is 5.32 Å². The summed E-state index contributed by atoms with van der Waals surface area (Å²) in [5, 5.41) is 2.97. The van der Waals surface area contributed by atoms with Crippen molar-refractivity contribution in [1.82, 2.24) is 15.3 Å². The summed E-state index contributed by atoms with van der Waals surface area (Å²) in [5.74, 6) is -0.0908. The molecule has 1 N–H and O–H groups in total. The first-order valence-electron chi connectivity index (χ1n) is 7.54. The minimum absolute atomic E-state index is 0.0908. The number of rotatable bonds is 5. The lowest BCUT2D eigenvalue weighted by Gasteiger charge is -2.10. The van der Waals surface area contributed by atoms with Gasteiger partial charge in [0, 0.05) is 41.2 Å². The van der Waals surface area contributed by atoms with Crippen molar-refractivity contribution in [3.8, 4) is 11.3 Å². The Kier molecular flexibility index (Phi) is 5.23. The van der Waals surface area contributed by atoms with Gasteiger partial charge in [-0.25, -0.2) is 0 Å². The van der Waals surface area contributed by atoms with Crippen LogP contribution in [0, 0.1) is 0 Å². The summed E-state index contributed by atoms with van der Waals surface area (Å²) in [6, 6.07) is 15.3. The Hall–Kier alpha value is -2.66. The number of hydrogen-bond acceptors (Lipinski definition) is 4. The number of hydrogen-bond donors (Lipinski definition) is 1. The predicted octanol–water partition coefficient (Wildman–Crippen LogP) is 3.80. The molecular weight excluding hydrogens is 318 g/mol. The third-order valence-electron chi connectivity index (χ3n) is 3.60. The summed E-state index contributed by atoms with van der Waals surface area (Å²) in [6.45, 7) is 0.417. The van der Waals surface area contributed by atoms with Gasteiger partial charge in [0.15, 0.2) is 0 Å². The Labute approximate surface area is 145 Å². The van der Waals surface area contributed by atoms with Crippen molar-refractivity contribution in [3.63, 3.8) is 0 Å². The number of aromatic nitrogens is 2. The highest BCUT2D eigenvalue weighted by molar-refractivity contribution is 7.98. The molecule has 1 aromatic carbocycles. The Morgan fingerprint density at radius 1 is 1.12 bits per heavy atom. The quantitative estimate of drug-likeness (QED) is 0.721. The van der Waals surface area contributed by atoms with E-state index in [-0.39, 0.29) is 5.91 Å². The van der Waals surface area contributed by atoms with Crippen LogP contribution in [0.4, 0.5) is 0 Å². The highest BCUT2D eigenvalue weighted by Gasteiger charge is 2.10. The zero-order valence-corrected chi connectivity index (χ0v) is 14.1. The first-order valence-corrected chi connectivity index (χ1v) is 8.77. The maximum Gasteiger partial charge on any atom is 0.251 e. The molecular formula is C19H17N3OS. The zero-order chi connectivity index (χ0) is 16.8. The first kappa shape index (κ1) is 16.2. The molecule has 0 aliphatic heterocycles. The van der Waals surface area contributed by atoms with Crippen LogP contribution in [-0.4, -0.2) is 22.1 Å².